The maximum absolute atomic E-state index is 11.9. The summed E-state index contributed by atoms with van der Waals surface area (Å²) in [5.74, 6) is 0.675. The molecule has 41 heavy (non-hydrogen) atoms. The van der Waals surface area contributed by atoms with Gasteiger partial charge < -0.3 is 29.5 Å². The molecule has 2 aliphatic rings. The quantitative estimate of drug-likeness (QED) is 0.487. The molecule has 0 bridgehead atoms. The fourth-order valence-electron chi connectivity index (χ4n) is 3.31. The number of amides is 2. The van der Waals surface area contributed by atoms with E-state index < -0.39 is 5.60 Å². The van der Waals surface area contributed by atoms with Gasteiger partial charge in [0.1, 0.15) is 11.2 Å². The molecule has 2 saturated heterocycles. The number of carbonyl (C=O) groups is 2. The highest BCUT2D eigenvalue weighted by Crippen LogP contribution is 2.16. The molecule has 14 nitrogen and oxygen atoms in total. The fraction of sp³-hybridized carbons (Fsp3) is 0.667. The minimum Gasteiger partial charge on any atom is -0.444 e. The van der Waals surface area contributed by atoms with Crippen LogP contribution in [0.1, 0.15) is 41.5 Å². The Morgan fingerprint density at radius 3 is 1.61 bits per heavy atom. The number of nitrogens with zero attached hydrogens (tertiary/aromatic N) is 9. The molecular formula is C24H37Cl3N10O4. The zero-order valence-corrected chi connectivity index (χ0v) is 26.4. The van der Waals surface area contributed by atoms with Gasteiger partial charge in [-0.15, -0.1) is 10.2 Å². The van der Waals surface area contributed by atoms with Crippen molar-refractivity contribution in [1.29, 1.82) is 0 Å². The van der Waals surface area contributed by atoms with Gasteiger partial charge in [0.15, 0.2) is 11.0 Å². The number of ether oxygens (including phenoxy) is 2. The van der Waals surface area contributed by atoms with Crippen molar-refractivity contribution in [2.24, 2.45) is 0 Å². The van der Waals surface area contributed by atoms with E-state index in [-0.39, 0.29) is 33.5 Å². The van der Waals surface area contributed by atoms with Gasteiger partial charge in [0.05, 0.1) is 12.4 Å². The third-order valence-corrected chi connectivity index (χ3v) is 5.55. The SMILES string of the molecule is CC(C)(C)OC(=O)N1CCN(c2cnnc(Cl)n2)CC1.CC(C)(C)OC(=O)N1CCNCC1.Clc1cnnc(Cl)n1. The summed E-state index contributed by atoms with van der Waals surface area (Å²) in [7, 11) is 0. The largest absolute Gasteiger partial charge is 0.444 e. The normalized spacial score (nSPS) is 15.6. The monoisotopic (exact) mass is 634 g/mol. The van der Waals surface area contributed by atoms with E-state index in [0.29, 0.717) is 32.0 Å². The molecule has 0 unspecified atom stereocenters. The maximum Gasteiger partial charge on any atom is 0.410 e. The van der Waals surface area contributed by atoms with Gasteiger partial charge in [0.25, 0.3) is 0 Å². The highest BCUT2D eigenvalue weighted by Gasteiger charge is 2.26. The summed E-state index contributed by atoms with van der Waals surface area (Å²) in [6.45, 7) is 16.9. The molecule has 0 saturated carbocycles. The number of aromatic nitrogens is 6. The highest BCUT2D eigenvalue weighted by atomic mass is 35.5. The molecule has 0 aliphatic carbocycles. The molecule has 2 aromatic heterocycles. The first-order valence-electron chi connectivity index (χ1n) is 12.9. The second-order valence-corrected chi connectivity index (χ2v) is 11.9. The minimum atomic E-state index is -0.474. The van der Waals surface area contributed by atoms with Crippen molar-refractivity contribution in [2.45, 2.75) is 52.7 Å². The Hall–Kier alpha value is -2.81. The molecule has 17 heteroatoms. The Balaban J connectivity index is 0.000000239. The zero-order valence-electron chi connectivity index (χ0n) is 24.1. The number of piperazine rings is 2. The van der Waals surface area contributed by atoms with Gasteiger partial charge in [-0.3, -0.25) is 0 Å². The van der Waals surface area contributed by atoms with E-state index in [1.165, 1.54) is 6.20 Å². The lowest BCUT2D eigenvalue weighted by atomic mass is 10.2. The summed E-state index contributed by atoms with van der Waals surface area (Å²) in [5.41, 5.74) is -0.861. The lowest BCUT2D eigenvalue weighted by Gasteiger charge is -2.35. The number of hydrogen-bond acceptors (Lipinski definition) is 12. The number of nitrogens with one attached hydrogen (secondary N) is 1. The summed E-state index contributed by atoms with van der Waals surface area (Å²) < 4.78 is 10.6. The molecule has 2 amide bonds. The fourth-order valence-corrected chi connectivity index (χ4v) is 3.74. The van der Waals surface area contributed by atoms with Gasteiger partial charge in [-0.05, 0) is 64.7 Å². The topological polar surface area (TPSA) is 152 Å². The number of carbonyl (C=O) groups excluding carboxylic acids is 2. The van der Waals surface area contributed by atoms with Crippen LogP contribution in [0.2, 0.25) is 15.7 Å². The highest BCUT2D eigenvalue weighted by molar-refractivity contribution is 6.31. The van der Waals surface area contributed by atoms with Crippen molar-refractivity contribution in [2.75, 3.05) is 57.3 Å². The molecule has 0 spiro atoms. The lowest BCUT2D eigenvalue weighted by molar-refractivity contribution is 0.0223. The van der Waals surface area contributed by atoms with Gasteiger partial charge in [0.2, 0.25) is 10.6 Å². The molecule has 2 fully saturated rings. The maximum atomic E-state index is 11.9. The Morgan fingerprint density at radius 1 is 0.732 bits per heavy atom. The molecule has 2 aliphatic heterocycles. The summed E-state index contributed by atoms with van der Waals surface area (Å²) in [6.07, 6.45) is 2.40. The first-order valence-corrected chi connectivity index (χ1v) is 14.0. The summed E-state index contributed by atoms with van der Waals surface area (Å²) >= 11 is 16.3. The Morgan fingerprint density at radius 2 is 1.20 bits per heavy atom. The third kappa shape index (κ3) is 14.1. The first kappa shape index (κ1) is 34.4. The van der Waals surface area contributed by atoms with Crippen LogP contribution in [0.4, 0.5) is 15.4 Å². The van der Waals surface area contributed by atoms with Crippen LogP contribution < -0.4 is 10.2 Å². The Bertz CT molecular complexity index is 1100. The van der Waals surface area contributed by atoms with E-state index in [2.05, 4.69) is 35.7 Å². The van der Waals surface area contributed by atoms with E-state index in [0.717, 1.165) is 26.2 Å². The van der Waals surface area contributed by atoms with Gasteiger partial charge in [-0.1, -0.05) is 11.6 Å². The molecule has 0 atom stereocenters. The number of anilines is 1. The minimum absolute atomic E-state index is 0.0671. The van der Waals surface area contributed by atoms with Crippen LogP contribution in [0.25, 0.3) is 0 Å². The van der Waals surface area contributed by atoms with Crippen molar-refractivity contribution in [1.82, 2.24) is 45.5 Å². The second-order valence-electron chi connectivity index (χ2n) is 10.8. The predicted octanol–water partition coefficient (Wildman–Crippen LogP) is 3.59. The van der Waals surface area contributed by atoms with Gasteiger partial charge in [-0.25, -0.2) is 14.6 Å². The molecule has 1 N–H and O–H groups in total. The van der Waals surface area contributed by atoms with Crippen molar-refractivity contribution >= 4 is 52.8 Å². The average molecular weight is 636 g/mol. The number of hydrogen-bond donors (Lipinski definition) is 1. The van der Waals surface area contributed by atoms with E-state index in [4.69, 9.17) is 44.3 Å². The molecule has 228 valence electrons. The van der Waals surface area contributed by atoms with E-state index in [1.807, 2.05) is 46.4 Å². The van der Waals surface area contributed by atoms with Gasteiger partial charge in [0, 0.05) is 52.4 Å². The molecule has 0 aromatic carbocycles. The summed E-state index contributed by atoms with van der Waals surface area (Å²) in [4.78, 5) is 36.5. The van der Waals surface area contributed by atoms with Crippen molar-refractivity contribution in [3.63, 3.8) is 0 Å². The summed E-state index contributed by atoms with van der Waals surface area (Å²) in [6, 6.07) is 0. The predicted molar refractivity (Wildman–Crippen MR) is 155 cm³/mol. The van der Waals surface area contributed by atoms with Crippen molar-refractivity contribution < 1.29 is 19.1 Å². The number of halogens is 3. The summed E-state index contributed by atoms with van der Waals surface area (Å²) in [5, 5.41) is 17.8. The van der Waals surface area contributed by atoms with Crippen LogP contribution in [-0.4, -0.2) is 116 Å². The van der Waals surface area contributed by atoms with E-state index in [1.54, 1.807) is 16.0 Å². The van der Waals surface area contributed by atoms with Crippen molar-refractivity contribution in [3.05, 3.63) is 28.1 Å². The van der Waals surface area contributed by atoms with Crippen LogP contribution in [0.3, 0.4) is 0 Å². The first-order chi connectivity index (χ1) is 19.1. The van der Waals surface area contributed by atoms with Crippen LogP contribution in [0, 0.1) is 0 Å². The molecule has 4 heterocycles. The van der Waals surface area contributed by atoms with Gasteiger partial charge >= 0.3 is 12.2 Å². The van der Waals surface area contributed by atoms with E-state index >= 15 is 0 Å². The van der Waals surface area contributed by atoms with Crippen LogP contribution in [0.15, 0.2) is 12.4 Å². The Kier molecular flexibility index (Phi) is 13.4. The standard InChI is InChI=1S/C12H18ClN5O2.C9H18N2O2.C3HCl2N3/c1-12(2,3)20-11(19)18-6-4-17(5-7-18)9-8-14-16-10(13)15-9;1-9(2,3)13-8(12)11-6-4-10-5-7-11;4-2-1-6-8-3(5)7-2/h8H,4-7H2,1-3H3;10H,4-7H2,1-3H3;1H. The van der Waals surface area contributed by atoms with Crippen LogP contribution >= 0.6 is 34.8 Å². The average Bonchev–Trinajstić information content (AvgIpc) is 2.88. The van der Waals surface area contributed by atoms with Crippen LogP contribution in [-0.2, 0) is 9.47 Å². The van der Waals surface area contributed by atoms with Gasteiger partial charge in [-0.2, -0.15) is 15.2 Å². The molecule has 0 radical (unpaired) electrons. The molecular weight excluding hydrogens is 599 g/mol. The molecule has 2 aromatic rings. The van der Waals surface area contributed by atoms with Crippen LogP contribution in [0.5, 0.6) is 0 Å². The Labute approximate surface area is 255 Å². The third-order valence-electron chi connectivity index (χ3n) is 5.05. The smallest absolute Gasteiger partial charge is 0.410 e. The molecule has 4 rings (SSSR count). The number of rotatable bonds is 1. The van der Waals surface area contributed by atoms with E-state index in [9.17, 15) is 9.59 Å². The lowest BCUT2D eigenvalue weighted by Crippen LogP contribution is -2.50. The second kappa shape index (κ2) is 16.0. The zero-order chi connectivity index (χ0) is 30.6. The van der Waals surface area contributed by atoms with Crippen molar-refractivity contribution in [3.8, 4) is 0 Å².